The molecule has 7 nitrogen and oxygen atoms in total. The number of amides is 1. The van der Waals surface area contributed by atoms with Crippen molar-refractivity contribution in [3.05, 3.63) is 30.1 Å². The van der Waals surface area contributed by atoms with Gasteiger partial charge in [-0.05, 0) is 51.5 Å². The minimum Gasteiger partial charge on any atom is -0.444 e. The van der Waals surface area contributed by atoms with E-state index in [1.54, 1.807) is 7.05 Å². The van der Waals surface area contributed by atoms with Crippen LogP contribution in [0.1, 0.15) is 27.2 Å². The predicted molar refractivity (Wildman–Crippen MR) is 110 cm³/mol. The Morgan fingerprint density at radius 1 is 1.11 bits per heavy atom. The summed E-state index contributed by atoms with van der Waals surface area (Å²) in [5.41, 5.74) is 0.553. The summed E-state index contributed by atoms with van der Waals surface area (Å²) in [6, 6.07) is 6.62. The molecule has 28 heavy (non-hydrogen) atoms. The highest BCUT2D eigenvalue weighted by Crippen LogP contribution is 2.16. The van der Waals surface area contributed by atoms with Crippen LogP contribution in [0.5, 0.6) is 0 Å². The van der Waals surface area contributed by atoms with Crippen LogP contribution < -0.4 is 15.5 Å². The summed E-state index contributed by atoms with van der Waals surface area (Å²) in [7, 11) is 1.77. The van der Waals surface area contributed by atoms with Gasteiger partial charge in [-0.2, -0.15) is 0 Å². The molecule has 2 N–H and O–H groups in total. The van der Waals surface area contributed by atoms with Gasteiger partial charge in [-0.3, -0.25) is 4.99 Å². The van der Waals surface area contributed by atoms with Crippen LogP contribution in [-0.2, 0) is 4.74 Å². The largest absolute Gasteiger partial charge is 0.444 e. The van der Waals surface area contributed by atoms with Gasteiger partial charge in [0.1, 0.15) is 11.4 Å². The van der Waals surface area contributed by atoms with E-state index in [2.05, 4.69) is 25.4 Å². The van der Waals surface area contributed by atoms with Gasteiger partial charge in [0.05, 0.1) is 0 Å². The number of carbonyl (C=O) groups is 1. The van der Waals surface area contributed by atoms with Crippen molar-refractivity contribution in [2.75, 3.05) is 51.2 Å². The normalized spacial score (nSPS) is 15.4. The Morgan fingerprint density at radius 2 is 1.71 bits per heavy atom. The lowest BCUT2D eigenvalue weighted by molar-refractivity contribution is 0.0527. The summed E-state index contributed by atoms with van der Waals surface area (Å²) < 4.78 is 18.3. The van der Waals surface area contributed by atoms with Gasteiger partial charge in [0.25, 0.3) is 0 Å². The van der Waals surface area contributed by atoms with Crippen LogP contribution >= 0.6 is 0 Å². The topological polar surface area (TPSA) is 69.2 Å². The average molecular weight is 394 g/mol. The van der Waals surface area contributed by atoms with Crippen molar-refractivity contribution in [1.29, 1.82) is 0 Å². The van der Waals surface area contributed by atoms with Crippen molar-refractivity contribution >= 4 is 17.7 Å². The monoisotopic (exact) mass is 393 g/mol. The molecule has 1 aromatic carbocycles. The van der Waals surface area contributed by atoms with Gasteiger partial charge in [0, 0.05) is 52.0 Å². The Hall–Kier alpha value is -2.51. The van der Waals surface area contributed by atoms with Crippen LogP contribution in [0.25, 0.3) is 0 Å². The van der Waals surface area contributed by atoms with Crippen LogP contribution in [-0.4, -0.2) is 68.9 Å². The summed E-state index contributed by atoms with van der Waals surface area (Å²) in [6.07, 6.45) is 0.377. The van der Waals surface area contributed by atoms with Gasteiger partial charge < -0.3 is 25.2 Å². The van der Waals surface area contributed by atoms with Crippen LogP contribution in [0.4, 0.5) is 14.9 Å². The Balaban J connectivity index is 1.67. The maximum atomic E-state index is 13.1. The van der Waals surface area contributed by atoms with Crippen molar-refractivity contribution < 1.29 is 13.9 Å². The molecule has 0 aliphatic carbocycles. The average Bonchev–Trinajstić information content (AvgIpc) is 2.64. The zero-order valence-corrected chi connectivity index (χ0v) is 17.3. The molecule has 1 saturated heterocycles. The van der Waals surface area contributed by atoms with E-state index in [4.69, 9.17) is 4.74 Å². The van der Waals surface area contributed by atoms with Crippen LogP contribution in [0.3, 0.4) is 0 Å². The summed E-state index contributed by atoms with van der Waals surface area (Å²) in [5.74, 6) is 0.643. The Bertz CT molecular complexity index is 650. The first-order chi connectivity index (χ1) is 13.3. The minimum absolute atomic E-state index is 0.215. The van der Waals surface area contributed by atoms with Crippen molar-refractivity contribution in [3.63, 3.8) is 0 Å². The van der Waals surface area contributed by atoms with E-state index >= 15 is 0 Å². The molecule has 0 unspecified atom stereocenters. The Kier molecular flexibility index (Phi) is 7.90. The fourth-order valence-corrected chi connectivity index (χ4v) is 2.95. The molecule has 2 rings (SSSR count). The molecule has 0 aromatic heterocycles. The van der Waals surface area contributed by atoms with E-state index in [9.17, 15) is 9.18 Å². The first-order valence-electron chi connectivity index (χ1n) is 9.71. The number of ether oxygens (including phenoxy) is 1. The van der Waals surface area contributed by atoms with Crippen molar-refractivity contribution in [2.24, 2.45) is 4.99 Å². The smallest absolute Gasteiger partial charge is 0.407 e. The standard InChI is InChI=1S/C20H32FN5O2/c1-20(2,3)28-19(27)24-11-5-10-23-18(22-4)26-14-12-25(13-15-26)17-8-6-16(21)7-9-17/h6-9H,5,10-15H2,1-4H3,(H,22,23)(H,24,27). The molecule has 1 aromatic rings. The molecule has 8 heteroatoms. The summed E-state index contributed by atoms with van der Waals surface area (Å²) in [6.45, 7) is 10.2. The van der Waals surface area contributed by atoms with Crippen molar-refractivity contribution in [1.82, 2.24) is 15.5 Å². The first-order valence-corrected chi connectivity index (χ1v) is 9.71. The molecule has 1 aliphatic heterocycles. The SMILES string of the molecule is CN=C(NCCCNC(=O)OC(C)(C)C)N1CCN(c2ccc(F)cc2)CC1. The highest BCUT2D eigenvalue weighted by atomic mass is 19.1. The van der Waals surface area contributed by atoms with E-state index in [0.29, 0.717) is 13.1 Å². The second-order valence-electron chi connectivity index (χ2n) is 7.71. The molecule has 0 radical (unpaired) electrons. The van der Waals surface area contributed by atoms with Crippen LogP contribution in [0, 0.1) is 5.82 Å². The predicted octanol–water partition coefficient (Wildman–Crippen LogP) is 2.44. The van der Waals surface area contributed by atoms with Gasteiger partial charge in [-0.15, -0.1) is 0 Å². The van der Waals surface area contributed by atoms with E-state index < -0.39 is 11.7 Å². The molecule has 1 fully saturated rings. The number of benzene rings is 1. The van der Waals surface area contributed by atoms with Gasteiger partial charge in [0.15, 0.2) is 5.96 Å². The first kappa shape index (κ1) is 21.8. The molecular formula is C20H32FN5O2. The quantitative estimate of drug-likeness (QED) is 0.457. The number of nitrogens with zero attached hydrogens (tertiary/aromatic N) is 3. The summed E-state index contributed by atoms with van der Waals surface area (Å²) in [5, 5.41) is 6.09. The van der Waals surface area contributed by atoms with Crippen LogP contribution in [0.15, 0.2) is 29.3 Å². The summed E-state index contributed by atoms with van der Waals surface area (Å²) >= 11 is 0. The van der Waals surface area contributed by atoms with E-state index in [0.717, 1.165) is 44.2 Å². The number of halogens is 1. The second kappa shape index (κ2) is 10.1. The van der Waals surface area contributed by atoms with E-state index in [1.807, 2.05) is 32.9 Å². The van der Waals surface area contributed by atoms with Gasteiger partial charge in [0.2, 0.25) is 0 Å². The number of anilines is 1. The zero-order chi connectivity index (χ0) is 20.6. The van der Waals surface area contributed by atoms with Gasteiger partial charge >= 0.3 is 6.09 Å². The number of rotatable bonds is 5. The molecule has 1 heterocycles. The molecule has 0 spiro atoms. The van der Waals surface area contributed by atoms with Crippen LogP contribution in [0.2, 0.25) is 0 Å². The highest BCUT2D eigenvalue weighted by Gasteiger charge is 2.20. The zero-order valence-electron chi connectivity index (χ0n) is 17.3. The molecule has 156 valence electrons. The minimum atomic E-state index is -0.486. The van der Waals surface area contributed by atoms with Crippen molar-refractivity contribution in [3.8, 4) is 0 Å². The maximum Gasteiger partial charge on any atom is 0.407 e. The molecular weight excluding hydrogens is 361 g/mol. The third-order valence-electron chi connectivity index (χ3n) is 4.29. The molecule has 0 atom stereocenters. The van der Waals surface area contributed by atoms with E-state index in [1.165, 1.54) is 12.1 Å². The number of guanidine groups is 1. The number of aliphatic imine (C=N–C) groups is 1. The fraction of sp³-hybridized carbons (Fsp3) is 0.600. The fourth-order valence-electron chi connectivity index (χ4n) is 2.95. The third kappa shape index (κ3) is 7.25. The molecule has 0 saturated carbocycles. The lowest BCUT2D eigenvalue weighted by Gasteiger charge is -2.37. The lowest BCUT2D eigenvalue weighted by Crippen LogP contribution is -2.52. The number of alkyl carbamates (subject to hydrolysis) is 1. The maximum absolute atomic E-state index is 13.1. The van der Waals surface area contributed by atoms with E-state index in [-0.39, 0.29) is 5.82 Å². The third-order valence-corrected chi connectivity index (χ3v) is 4.29. The molecule has 1 amide bonds. The molecule has 1 aliphatic rings. The van der Waals surface area contributed by atoms with Crippen molar-refractivity contribution in [2.45, 2.75) is 32.8 Å². The molecule has 0 bridgehead atoms. The summed E-state index contributed by atoms with van der Waals surface area (Å²) in [4.78, 5) is 20.4. The Labute approximate surface area is 166 Å². The van der Waals surface area contributed by atoms with Gasteiger partial charge in [-0.1, -0.05) is 0 Å². The second-order valence-corrected chi connectivity index (χ2v) is 7.71. The number of hydrogen-bond acceptors (Lipinski definition) is 4. The van der Waals surface area contributed by atoms with Gasteiger partial charge in [-0.25, -0.2) is 9.18 Å². The Morgan fingerprint density at radius 3 is 2.29 bits per heavy atom. The lowest BCUT2D eigenvalue weighted by atomic mass is 10.2. The number of carbonyl (C=O) groups excluding carboxylic acids is 1. The number of piperazine rings is 1. The number of hydrogen-bond donors (Lipinski definition) is 2. The highest BCUT2D eigenvalue weighted by molar-refractivity contribution is 5.80. The number of nitrogens with one attached hydrogen (secondary N) is 2.